The summed E-state index contributed by atoms with van der Waals surface area (Å²) >= 11 is 0. The lowest BCUT2D eigenvalue weighted by molar-refractivity contribution is -0.192. The lowest BCUT2D eigenvalue weighted by Crippen LogP contribution is -2.21. The summed E-state index contributed by atoms with van der Waals surface area (Å²) in [5.74, 6) is -1.72. The molecule has 4 N–H and O–H groups in total. The number of carboxylic acid groups (broad SMARTS) is 1. The number of carboxylic acids is 1. The minimum absolute atomic E-state index is 0.206. The molecule has 33 heavy (non-hydrogen) atoms. The minimum atomic E-state index is -5.08. The predicted octanol–water partition coefficient (Wildman–Crippen LogP) is 3.04. The van der Waals surface area contributed by atoms with Crippen molar-refractivity contribution in [1.82, 2.24) is 14.8 Å². The van der Waals surface area contributed by atoms with E-state index in [1.165, 1.54) is 0 Å². The van der Waals surface area contributed by atoms with Gasteiger partial charge in [0.05, 0.1) is 29.6 Å². The normalized spacial score (nSPS) is 12.7. The fourth-order valence-corrected chi connectivity index (χ4v) is 3.54. The number of nitrogens with two attached hydrogens (primary N) is 1. The van der Waals surface area contributed by atoms with E-state index in [2.05, 4.69) is 15.4 Å². The van der Waals surface area contributed by atoms with E-state index in [0.29, 0.717) is 17.1 Å². The monoisotopic (exact) mass is 465 g/mol. The highest BCUT2D eigenvalue weighted by Gasteiger charge is 2.38. The van der Waals surface area contributed by atoms with Crippen molar-refractivity contribution >= 4 is 28.6 Å². The summed E-state index contributed by atoms with van der Waals surface area (Å²) in [6.07, 6.45) is -3.24. The molecule has 2 aromatic heterocycles. The van der Waals surface area contributed by atoms with Gasteiger partial charge in [0.2, 0.25) is 0 Å². The number of amides is 1. The number of anilines is 1. The maximum absolute atomic E-state index is 12.9. The second-order valence-electron chi connectivity index (χ2n) is 7.26. The molecule has 1 aromatic carbocycles. The highest BCUT2D eigenvalue weighted by Crippen LogP contribution is 2.26. The number of hydrogen-bond donors (Lipinski definition) is 3. The molecule has 1 aliphatic rings. The summed E-state index contributed by atoms with van der Waals surface area (Å²) in [5, 5.41) is 15.5. The van der Waals surface area contributed by atoms with E-state index in [1.54, 1.807) is 7.11 Å². The molecule has 0 radical (unpaired) electrons. The zero-order valence-corrected chi connectivity index (χ0v) is 17.9. The lowest BCUT2D eigenvalue weighted by atomic mass is 10.1. The number of carbonyl (C=O) groups is 2. The number of rotatable bonds is 4. The number of aliphatic carboxylic acids is 1. The first-order valence-corrected chi connectivity index (χ1v) is 9.90. The van der Waals surface area contributed by atoms with Gasteiger partial charge in [-0.3, -0.25) is 9.48 Å². The van der Waals surface area contributed by atoms with Gasteiger partial charge in [0.15, 0.2) is 0 Å². The van der Waals surface area contributed by atoms with Crippen LogP contribution in [0.25, 0.3) is 10.9 Å². The molecule has 0 spiro atoms. The predicted molar refractivity (Wildman–Crippen MR) is 113 cm³/mol. The Labute approximate surface area is 186 Å². The number of nitrogens with zero attached hydrogens (tertiary/aromatic N) is 3. The Hall–Kier alpha value is -3.67. The third-order valence-corrected chi connectivity index (χ3v) is 5.04. The molecular formula is C21H22F3N5O4. The minimum Gasteiger partial charge on any atom is -0.497 e. The van der Waals surface area contributed by atoms with E-state index in [-0.39, 0.29) is 12.5 Å². The summed E-state index contributed by atoms with van der Waals surface area (Å²) in [5.41, 5.74) is 9.79. The Morgan fingerprint density at radius 3 is 2.61 bits per heavy atom. The number of methoxy groups -OCH3 is 1. The number of alkyl halides is 3. The summed E-state index contributed by atoms with van der Waals surface area (Å²) < 4.78 is 38.9. The van der Waals surface area contributed by atoms with Gasteiger partial charge in [0.1, 0.15) is 11.6 Å². The van der Waals surface area contributed by atoms with Crippen LogP contribution in [0, 0.1) is 6.92 Å². The number of nitrogens with one attached hydrogen (secondary N) is 1. The van der Waals surface area contributed by atoms with Gasteiger partial charge in [-0.25, -0.2) is 9.78 Å². The standard InChI is InChI=1S/C19H21N5O2.C2HF3O2/c1-11-8-17(21-14-9-12(26-2)5-6-13(11)14)22-19(25)18-15(10-20)23-24-7-3-4-16(18)24;3-2(4,5)1(6)7/h5-6,8-9H,3-4,7,10,20H2,1-2H3,(H,21,22,25);(H,6,7). The highest BCUT2D eigenvalue weighted by molar-refractivity contribution is 6.06. The van der Waals surface area contributed by atoms with Crippen molar-refractivity contribution < 1.29 is 32.6 Å². The molecule has 3 aromatic rings. The van der Waals surface area contributed by atoms with E-state index in [0.717, 1.165) is 47.3 Å². The van der Waals surface area contributed by atoms with Crippen LogP contribution in [0.1, 0.15) is 33.7 Å². The maximum atomic E-state index is 12.9. The SMILES string of the molecule is COc1ccc2c(C)cc(NC(=O)c3c(CN)nn4c3CCC4)nc2c1.O=C(O)C(F)(F)F. The number of halogens is 3. The molecule has 0 atom stereocenters. The average Bonchev–Trinajstić information content (AvgIpc) is 3.33. The van der Waals surface area contributed by atoms with Crippen LogP contribution < -0.4 is 15.8 Å². The van der Waals surface area contributed by atoms with Crippen LogP contribution >= 0.6 is 0 Å². The Bertz CT molecular complexity index is 1210. The van der Waals surface area contributed by atoms with Crippen molar-refractivity contribution in [1.29, 1.82) is 0 Å². The van der Waals surface area contributed by atoms with Crippen molar-refractivity contribution in [3.8, 4) is 5.75 Å². The van der Waals surface area contributed by atoms with Gasteiger partial charge < -0.3 is 20.9 Å². The molecule has 0 unspecified atom stereocenters. The van der Waals surface area contributed by atoms with Gasteiger partial charge in [-0.2, -0.15) is 18.3 Å². The largest absolute Gasteiger partial charge is 0.497 e. The number of pyridine rings is 1. The number of aromatic nitrogens is 3. The lowest BCUT2D eigenvalue weighted by Gasteiger charge is -2.10. The molecule has 3 heterocycles. The van der Waals surface area contributed by atoms with Crippen molar-refractivity contribution in [2.24, 2.45) is 5.73 Å². The van der Waals surface area contributed by atoms with Crippen molar-refractivity contribution in [2.45, 2.75) is 39.0 Å². The number of carbonyl (C=O) groups excluding carboxylic acids is 1. The van der Waals surface area contributed by atoms with Gasteiger partial charge in [0, 0.05) is 24.5 Å². The fraction of sp³-hybridized carbons (Fsp3) is 0.333. The Morgan fingerprint density at radius 2 is 2.00 bits per heavy atom. The topological polar surface area (TPSA) is 132 Å². The van der Waals surface area contributed by atoms with Crippen LogP contribution in [0.5, 0.6) is 5.75 Å². The number of benzene rings is 1. The zero-order chi connectivity index (χ0) is 24.3. The molecule has 176 valence electrons. The molecule has 1 amide bonds. The second kappa shape index (κ2) is 9.45. The number of fused-ring (bicyclic) bond motifs is 2. The summed E-state index contributed by atoms with van der Waals surface area (Å²) in [4.78, 5) is 26.4. The van der Waals surface area contributed by atoms with Crippen LogP contribution in [0.2, 0.25) is 0 Å². The van der Waals surface area contributed by atoms with Crippen molar-refractivity contribution in [2.75, 3.05) is 12.4 Å². The quantitative estimate of drug-likeness (QED) is 0.539. The van der Waals surface area contributed by atoms with E-state index in [1.807, 2.05) is 35.9 Å². The summed E-state index contributed by atoms with van der Waals surface area (Å²) in [6.45, 7) is 3.07. The van der Waals surface area contributed by atoms with Gasteiger partial charge in [0.25, 0.3) is 5.91 Å². The van der Waals surface area contributed by atoms with Crippen LogP contribution in [0.4, 0.5) is 19.0 Å². The van der Waals surface area contributed by atoms with Crippen LogP contribution in [-0.4, -0.2) is 45.0 Å². The van der Waals surface area contributed by atoms with Crippen molar-refractivity contribution in [3.05, 3.63) is 46.8 Å². The Kier molecular flexibility index (Phi) is 6.86. The fourth-order valence-electron chi connectivity index (χ4n) is 3.54. The van der Waals surface area contributed by atoms with Gasteiger partial charge >= 0.3 is 12.1 Å². The first kappa shape index (κ1) is 24.0. The third kappa shape index (κ3) is 5.22. The van der Waals surface area contributed by atoms with E-state index in [9.17, 15) is 18.0 Å². The zero-order valence-electron chi connectivity index (χ0n) is 17.9. The number of aryl methyl sites for hydroxylation is 2. The highest BCUT2D eigenvalue weighted by atomic mass is 19.4. The first-order valence-electron chi connectivity index (χ1n) is 9.90. The van der Waals surface area contributed by atoms with Gasteiger partial charge in [-0.05, 0) is 43.5 Å². The smallest absolute Gasteiger partial charge is 0.490 e. The van der Waals surface area contributed by atoms with Crippen LogP contribution in [0.15, 0.2) is 24.3 Å². The first-order chi connectivity index (χ1) is 15.5. The molecule has 0 fully saturated rings. The molecule has 0 saturated carbocycles. The number of hydrogen-bond acceptors (Lipinski definition) is 6. The molecule has 0 saturated heterocycles. The van der Waals surface area contributed by atoms with E-state index in [4.69, 9.17) is 20.4 Å². The average molecular weight is 465 g/mol. The molecule has 0 aliphatic carbocycles. The van der Waals surface area contributed by atoms with Crippen LogP contribution in [-0.2, 0) is 24.3 Å². The molecule has 1 aliphatic heterocycles. The molecule has 4 rings (SSSR count). The number of ether oxygens (including phenoxy) is 1. The third-order valence-electron chi connectivity index (χ3n) is 5.04. The van der Waals surface area contributed by atoms with E-state index >= 15 is 0 Å². The summed E-state index contributed by atoms with van der Waals surface area (Å²) in [7, 11) is 1.62. The second-order valence-corrected chi connectivity index (χ2v) is 7.26. The molecule has 9 nitrogen and oxygen atoms in total. The van der Waals surface area contributed by atoms with E-state index < -0.39 is 12.1 Å². The molecular weight excluding hydrogens is 443 g/mol. The van der Waals surface area contributed by atoms with Crippen molar-refractivity contribution in [3.63, 3.8) is 0 Å². The molecule has 0 bridgehead atoms. The van der Waals surface area contributed by atoms with Gasteiger partial charge in [-0.15, -0.1) is 0 Å². The Balaban J connectivity index is 0.000000383. The Morgan fingerprint density at radius 1 is 1.30 bits per heavy atom. The summed E-state index contributed by atoms with van der Waals surface area (Å²) in [6, 6.07) is 7.61. The van der Waals surface area contributed by atoms with Gasteiger partial charge in [-0.1, -0.05) is 0 Å². The maximum Gasteiger partial charge on any atom is 0.490 e. The van der Waals surface area contributed by atoms with Crippen LogP contribution in [0.3, 0.4) is 0 Å². The molecule has 12 heteroatoms.